The zero-order valence-corrected chi connectivity index (χ0v) is 14.5. The van der Waals surface area contributed by atoms with Gasteiger partial charge in [0.05, 0.1) is 19.0 Å². The Morgan fingerprint density at radius 3 is 2.38 bits per heavy atom. The number of carbonyl (C=O) groups is 2. The second-order valence-electron chi connectivity index (χ2n) is 5.35. The first-order valence-electron chi connectivity index (χ1n) is 7.59. The van der Waals surface area contributed by atoms with Crippen LogP contribution in [0.5, 0.6) is 0 Å². The van der Waals surface area contributed by atoms with E-state index < -0.39 is 5.97 Å². The summed E-state index contributed by atoms with van der Waals surface area (Å²) in [4.78, 5) is 23.9. The van der Waals surface area contributed by atoms with Gasteiger partial charge in [-0.15, -0.1) is 0 Å². The number of rotatable bonds is 4. The maximum absolute atomic E-state index is 12.3. The molecule has 0 aliphatic heterocycles. The monoisotopic (exact) mass is 370 g/mol. The number of nitrogens with zero attached hydrogens (tertiary/aromatic N) is 2. The number of amides is 1. The molecule has 132 valence electrons. The SMILES string of the molecule is COC(=O)c1cnn(-c2ccc(C(=O)Nc3ccc(Cl)cc3)cc2)c1N. The van der Waals surface area contributed by atoms with Crippen molar-refractivity contribution in [2.75, 3.05) is 18.2 Å². The lowest BCUT2D eigenvalue weighted by Crippen LogP contribution is -2.12. The number of carbonyl (C=O) groups excluding carboxylic acids is 2. The van der Waals surface area contributed by atoms with E-state index in [0.717, 1.165) is 0 Å². The molecule has 0 fully saturated rings. The van der Waals surface area contributed by atoms with Crippen LogP contribution in [0.1, 0.15) is 20.7 Å². The molecule has 7 nitrogen and oxygen atoms in total. The molecule has 2 aromatic carbocycles. The number of benzene rings is 2. The molecule has 0 radical (unpaired) electrons. The molecule has 0 saturated carbocycles. The third-order valence-corrected chi connectivity index (χ3v) is 3.94. The van der Waals surface area contributed by atoms with Crippen LogP contribution in [0.15, 0.2) is 54.7 Å². The predicted molar refractivity (Wildman–Crippen MR) is 98.7 cm³/mol. The molecule has 26 heavy (non-hydrogen) atoms. The van der Waals surface area contributed by atoms with Crippen molar-refractivity contribution in [2.45, 2.75) is 0 Å². The summed E-state index contributed by atoms with van der Waals surface area (Å²) in [5, 5.41) is 7.45. The van der Waals surface area contributed by atoms with E-state index in [1.165, 1.54) is 18.0 Å². The van der Waals surface area contributed by atoms with Crippen LogP contribution in [0.3, 0.4) is 0 Å². The summed E-state index contributed by atoms with van der Waals surface area (Å²) in [5.41, 5.74) is 7.83. The first kappa shape index (κ1) is 17.5. The molecule has 3 rings (SSSR count). The van der Waals surface area contributed by atoms with Crippen LogP contribution in [-0.2, 0) is 4.74 Å². The van der Waals surface area contributed by atoms with Gasteiger partial charge >= 0.3 is 5.97 Å². The largest absolute Gasteiger partial charge is 0.465 e. The van der Waals surface area contributed by atoms with Crippen molar-refractivity contribution >= 4 is 35.0 Å². The van der Waals surface area contributed by atoms with Crippen LogP contribution in [-0.4, -0.2) is 28.8 Å². The van der Waals surface area contributed by atoms with Gasteiger partial charge in [-0.2, -0.15) is 5.10 Å². The van der Waals surface area contributed by atoms with E-state index in [1.54, 1.807) is 48.5 Å². The standard InChI is InChI=1S/C18H15ClN4O3/c1-26-18(25)15-10-21-23(16(15)20)14-8-2-11(3-9-14)17(24)22-13-6-4-12(19)5-7-13/h2-10H,20H2,1H3,(H,22,24). The molecule has 0 unspecified atom stereocenters. The summed E-state index contributed by atoms with van der Waals surface area (Å²) in [5.74, 6) is -0.662. The van der Waals surface area contributed by atoms with E-state index in [1.807, 2.05) is 0 Å². The van der Waals surface area contributed by atoms with E-state index in [-0.39, 0.29) is 17.3 Å². The number of halogens is 1. The maximum atomic E-state index is 12.3. The van der Waals surface area contributed by atoms with E-state index in [0.29, 0.717) is 22.0 Å². The van der Waals surface area contributed by atoms with Crippen LogP contribution < -0.4 is 11.1 Å². The van der Waals surface area contributed by atoms with Crippen LogP contribution in [0, 0.1) is 0 Å². The number of hydrogen-bond acceptors (Lipinski definition) is 5. The number of aromatic nitrogens is 2. The highest BCUT2D eigenvalue weighted by Gasteiger charge is 2.16. The van der Waals surface area contributed by atoms with E-state index in [9.17, 15) is 9.59 Å². The van der Waals surface area contributed by atoms with Crippen molar-refractivity contribution in [1.82, 2.24) is 9.78 Å². The maximum Gasteiger partial charge on any atom is 0.343 e. The number of nitrogen functional groups attached to an aromatic ring is 1. The smallest absolute Gasteiger partial charge is 0.343 e. The molecule has 3 aromatic rings. The van der Waals surface area contributed by atoms with Crippen LogP contribution >= 0.6 is 11.6 Å². The van der Waals surface area contributed by atoms with Crippen molar-refractivity contribution in [3.05, 3.63) is 70.9 Å². The molecule has 0 bridgehead atoms. The van der Waals surface area contributed by atoms with Gasteiger partial charge in [0.1, 0.15) is 11.4 Å². The number of hydrogen-bond donors (Lipinski definition) is 2. The highest BCUT2D eigenvalue weighted by molar-refractivity contribution is 6.30. The molecule has 0 saturated heterocycles. The Morgan fingerprint density at radius 2 is 1.77 bits per heavy atom. The number of methoxy groups -OCH3 is 1. The lowest BCUT2D eigenvalue weighted by atomic mass is 10.2. The quantitative estimate of drug-likeness (QED) is 0.687. The molecule has 0 atom stereocenters. The van der Waals surface area contributed by atoms with Gasteiger partial charge in [-0.25, -0.2) is 9.48 Å². The predicted octanol–water partition coefficient (Wildman–Crippen LogP) is 3.15. The summed E-state index contributed by atoms with van der Waals surface area (Å²) in [6.07, 6.45) is 1.34. The normalized spacial score (nSPS) is 10.4. The molecule has 8 heteroatoms. The summed E-state index contributed by atoms with van der Waals surface area (Å²) >= 11 is 5.82. The molecular weight excluding hydrogens is 356 g/mol. The van der Waals surface area contributed by atoms with Crippen LogP contribution in [0.2, 0.25) is 5.02 Å². The Hall–Kier alpha value is -3.32. The summed E-state index contributed by atoms with van der Waals surface area (Å²) in [6, 6.07) is 13.5. The zero-order chi connectivity index (χ0) is 18.7. The number of nitrogens with one attached hydrogen (secondary N) is 1. The second-order valence-corrected chi connectivity index (χ2v) is 5.79. The van der Waals surface area contributed by atoms with Crippen molar-refractivity contribution in [3.63, 3.8) is 0 Å². The number of anilines is 2. The fraction of sp³-hybridized carbons (Fsp3) is 0.0556. The topological polar surface area (TPSA) is 99.2 Å². The average molecular weight is 371 g/mol. The van der Waals surface area contributed by atoms with Gasteiger partial charge in [-0.05, 0) is 48.5 Å². The van der Waals surface area contributed by atoms with Crippen molar-refractivity contribution < 1.29 is 14.3 Å². The van der Waals surface area contributed by atoms with Crippen molar-refractivity contribution in [3.8, 4) is 5.69 Å². The van der Waals surface area contributed by atoms with Gasteiger partial charge in [0, 0.05) is 16.3 Å². The van der Waals surface area contributed by atoms with Crippen molar-refractivity contribution in [2.24, 2.45) is 0 Å². The minimum absolute atomic E-state index is 0.162. The number of ether oxygens (including phenoxy) is 1. The highest BCUT2D eigenvalue weighted by atomic mass is 35.5. The summed E-state index contributed by atoms with van der Waals surface area (Å²) in [6.45, 7) is 0. The molecule has 3 N–H and O–H groups in total. The molecule has 1 amide bonds. The Kier molecular flexibility index (Phi) is 4.90. The Labute approximate surface area is 154 Å². The van der Waals surface area contributed by atoms with Gasteiger partial charge < -0.3 is 15.8 Å². The van der Waals surface area contributed by atoms with Crippen LogP contribution in [0.25, 0.3) is 5.69 Å². The molecule has 1 aromatic heterocycles. The van der Waals surface area contributed by atoms with E-state index >= 15 is 0 Å². The van der Waals surface area contributed by atoms with Crippen LogP contribution in [0.4, 0.5) is 11.5 Å². The first-order chi connectivity index (χ1) is 12.5. The first-order valence-corrected chi connectivity index (χ1v) is 7.96. The molecule has 0 aliphatic carbocycles. The van der Waals surface area contributed by atoms with E-state index in [4.69, 9.17) is 17.3 Å². The molecule has 0 aliphatic rings. The summed E-state index contributed by atoms with van der Waals surface area (Å²) < 4.78 is 6.04. The lowest BCUT2D eigenvalue weighted by Gasteiger charge is -2.08. The molecule has 0 spiro atoms. The Morgan fingerprint density at radius 1 is 1.12 bits per heavy atom. The fourth-order valence-electron chi connectivity index (χ4n) is 2.32. The summed E-state index contributed by atoms with van der Waals surface area (Å²) in [7, 11) is 1.27. The second kappa shape index (κ2) is 7.28. The molecule has 1 heterocycles. The van der Waals surface area contributed by atoms with Gasteiger partial charge in [0.25, 0.3) is 5.91 Å². The third-order valence-electron chi connectivity index (χ3n) is 3.69. The van der Waals surface area contributed by atoms with Gasteiger partial charge in [-0.3, -0.25) is 4.79 Å². The third kappa shape index (κ3) is 3.52. The Balaban J connectivity index is 1.78. The minimum Gasteiger partial charge on any atom is -0.465 e. The van der Waals surface area contributed by atoms with Gasteiger partial charge in [0.2, 0.25) is 0 Å². The van der Waals surface area contributed by atoms with Gasteiger partial charge in [0.15, 0.2) is 0 Å². The number of esters is 1. The Bertz CT molecular complexity index is 950. The fourth-order valence-corrected chi connectivity index (χ4v) is 2.45. The lowest BCUT2D eigenvalue weighted by molar-refractivity contribution is 0.0602. The number of nitrogens with two attached hydrogens (primary N) is 1. The molecular formula is C18H15ClN4O3. The average Bonchev–Trinajstić information content (AvgIpc) is 3.04. The highest BCUT2D eigenvalue weighted by Crippen LogP contribution is 2.19. The van der Waals surface area contributed by atoms with Gasteiger partial charge in [-0.1, -0.05) is 11.6 Å². The zero-order valence-electron chi connectivity index (χ0n) is 13.8. The minimum atomic E-state index is -0.562. The van der Waals surface area contributed by atoms with Crippen molar-refractivity contribution in [1.29, 1.82) is 0 Å². The van der Waals surface area contributed by atoms with E-state index in [2.05, 4.69) is 15.2 Å².